The van der Waals surface area contributed by atoms with Crippen LogP contribution >= 0.6 is 0 Å². The van der Waals surface area contributed by atoms with E-state index in [1.807, 2.05) is 6.08 Å². The molecule has 3 rings (SSSR count). The number of amides is 1. The third-order valence-electron chi connectivity index (χ3n) is 22.1. The summed E-state index contributed by atoms with van der Waals surface area (Å²) in [4.78, 5) is 13.5. The van der Waals surface area contributed by atoms with E-state index in [1.54, 1.807) is 6.08 Å². The Labute approximate surface area is 708 Å². The van der Waals surface area contributed by atoms with Crippen molar-refractivity contribution in [1.29, 1.82) is 0 Å². The highest BCUT2D eigenvalue weighted by molar-refractivity contribution is 5.76. The lowest BCUT2D eigenvalue weighted by molar-refractivity contribution is -0.379. The van der Waals surface area contributed by atoms with Gasteiger partial charge in [-0.2, -0.15) is 0 Å². The summed E-state index contributed by atoms with van der Waals surface area (Å²) in [5.74, 6) is -0.295. The molecule has 0 radical (unpaired) electrons. The second-order valence-corrected chi connectivity index (χ2v) is 32.4. The minimum Gasteiger partial charge on any atom is -0.394 e. The largest absolute Gasteiger partial charge is 0.394 e. The lowest BCUT2D eigenvalue weighted by Crippen LogP contribution is -2.66. The van der Waals surface area contributed by atoms with Gasteiger partial charge in [-0.1, -0.05) is 359 Å². The van der Waals surface area contributed by atoms with E-state index in [0.29, 0.717) is 12.8 Å². The van der Waals surface area contributed by atoms with Crippen LogP contribution in [0.3, 0.4) is 0 Å². The molecule has 12 N–H and O–H groups in total. The van der Waals surface area contributed by atoms with Gasteiger partial charge in [-0.05, 0) is 116 Å². The average molecular weight is 1650 g/mol. The molecule has 19 heteroatoms. The molecule has 0 aromatic rings. The van der Waals surface area contributed by atoms with Gasteiger partial charge in [-0.15, -0.1) is 0 Å². The van der Waals surface area contributed by atoms with Gasteiger partial charge in [-0.3, -0.25) is 4.79 Å². The first-order valence-corrected chi connectivity index (χ1v) is 46.6. The van der Waals surface area contributed by atoms with Crippen molar-refractivity contribution < 1.29 is 89.4 Å². The van der Waals surface area contributed by atoms with Crippen LogP contribution in [0, 0.1) is 0 Å². The fourth-order valence-corrected chi connectivity index (χ4v) is 14.7. The van der Waals surface area contributed by atoms with Gasteiger partial charge < -0.3 is 89.9 Å². The van der Waals surface area contributed by atoms with Gasteiger partial charge in [-0.25, -0.2) is 0 Å². The molecule has 0 aromatic heterocycles. The SMILES string of the molecule is CC/C=C\C/C=C\C/C=C\C/C=C\C/C=C\C/C=C\C/C=C\C/C=C\C/C=C\CCCCCCCCCCCCCC(=O)NC(COC1OC(CO)C(OC2OC(CO)C(OC3OC(CO)C(O)C(O)C3O)C(O)C2O)C(O)C1O)C(O)/C=C/CC/C=C/CC/C=C/CCCCCCCCCCCCCCCCCCCCCCCCC. The standard InChI is InChI=1S/C98H167NO18/c1-3-5-7-9-11-13-15-17-19-21-23-25-27-29-31-33-35-37-38-39-40-41-42-44-46-48-50-52-54-56-58-60-62-64-66-68-70-72-74-76-86(104)99-81(82(103)75-73-71-69-67-65-63-61-59-57-55-53-51-49-47-45-43-36-34-32-30-28-26-24-22-20-18-16-14-12-10-8-6-4-2)80-112-96-92(110)89(107)94(84(78-101)114-96)117-98-93(111)90(108)95(85(79-102)115-98)116-97-91(109)88(106)87(105)83(77-100)113-97/h5,7,11,13,17,19,23,25,29,31,35,37,39-40,42,44,48,50,57,59,65,67,73,75,81-85,87-98,100-103,105-111H,3-4,6,8-10,12,14-16,18,20-22,24,26-28,30,32-34,36,38,41,43,45-47,49,51-56,58,60-64,66,68-72,74,76-80H2,1-2H3,(H,99,104)/b7-5-,13-11-,19-17-,25-23-,31-29-,37-35-,40-39-,44-42-,50-48-,59-57+,67-65+,75-73+. The summed E-state index contributed by atoms with van der Waals surface area (Å²) in [6.45, 7) is 1.62. The first kappa shape index (κ1) is 107. The summed E-state index contributed by atoms with van der Waals surface area (Å²) in [6, 6.07) is -1.01. The van der Waals surface area contributed by atoms with E-state index in [0.717, 1.165) is 116 Å². The zero-order chi connectivity index (χ0) is 84.5. The molecule has 0 bridgehead atoms. The number of unbranched alkanes of at least 4 members (excludes halogenated alkanes) is 36. The van der Waals surface area contributed by atoms with Gasteiger partial charge in [0.2, 0.25) is 5.91 Å². The molecule has 3 aliphatic rings. The van der Waals surface area contributed by atoms with Gasteiger partial charge in [0.15, 0.2) is 18.9 Å². The van der Waals surface area contributed by atoms with E-state index in [1.165, 1.54) is 186 Å². The summed E-state index contributed by atoms with van der Waals surface area (Å²) in [7, 11) is 0. The van der Waals surface area contributed by atoms with Crippen LogP contribution in [0.5, 0.6) is 0 Å². The maximum Gasteiger partial charge on any atom is 0.220 e. The fraction of sp³-hybridized carbons (Fsp3) is 0.745. The molecule has 3 aliphatic heterocycles. The first-order chi connectivity index (χ1) is 57.3. The van der Waals surface area contributed by atoms with Crippen molar-refractivity contribution in [3.05, 3.63) is 146 Å². The number of hydrogen-bond acceptors (Lipinski definition) is 18. The molecule has 17 atom stereocenters. The van der Waals surface area contributed by atoms with Gasteiger partial charge in [0.25, 0.3) is 0 Å². The molecule has 1 amide bonds. The molecule has 3 heterocycles. The molecule has 0 aromatic carbocycles. The Morgan fingerprint density at radius 1 is 0.316 bits per heavy atom. The number of carbonyl (C=O) groups is 1. The smallest absolute Gasteiger partial charge is 0.220 e. The molecule has 17 unspecified atom stereocenters. The van der Waals surface area contributed by atoms with Crippen molar-refractivity contribution in [2.24, 2.45) is 0 Å². The molecular formula is C98H167NO18. The van der Waals surface area contributed by atoms with Crippen molar-refractivity contribution in [2.45, 2.75) is 439 Å². The van der Waals surface area contributed by atoms with Crippen LogP contribution in [0.2, 0.25) is 0 Å². The van der Waals surface area contributed by atoms with Crippen LogP contribution in [-0.2, 0) is 33.2 Å². The second-order valence-electron chi connectivity index (χ2n) is 32.4. The Bertz CT molecular complexity index is 2680. The van der Waals surface area contributed by atoms with E-state index in [9.17, 15) is 61.0 Å². The quantitative estimate of drug-likeness (QED) is 0.0199. The molecule has 117 heavy (non-hydrogen) atoms. The van der Waals surface area contributed by atoms with Gasteiger partial charge in [0.05, 0.1) is 38.6 Å². The van der Waals surface area contributed by atoms with Crippen molar-refractivity contribution >= 4 is 5.91 Å². The normalized spacial score (nSPS) is 25.1. The number of aliphatic hydroxyl groups is 11. The van der Waals surface area contributed by atoms with E-state index in [2.05, 4.69) is 153 Å². The highest BCUT2D eigenvalue weighted by Crippen LogP contribution is 2.33. The zero-order valence-corrected chi connectivity index (χ0v) is 72.6. The predicted molar refractivity (Wildman–Crippen MR) is 475 cm³/mol. The Kier molecular flexibility index (Phi) is 68.9. The molecule has 3 saturated heterocycles. The highest BCUT2D eigenvalue weighted by atomic mass is 16.8. The lowest BCUT2D eigenvalue weighted by Gasteiger charge is -2.48. The summed E-state index contributed by atoms with van der Waals surface area (Å²) in [5.41, 5.74) is 0. The van der Waals surface area contributed by atoms with Gasteiger partial charge >= 0.3 is 0 Å². The summed E-state index contributed by atoms with van der Waals surface area (Å²) in [5, 5.41) is 121. The lowest BCUT2D eigenvalue weighted by atomic mass is 9.96. The molecule has 0 spiro atoms. The summed E-state index contributed by atoms with van der Waals surface area (Å²) < 4.78 is 34.5. The molecule has 0 saturated carbocycles. The molecular weight excluding hydrogens is 1480 g/mol. The molecule has 0 aliphatic carbocycles. The van der Waals surface area contributed by atoms with Crippen LogP contribution in [0.4, 0.5) is 0 Å². The topological polar surface area (TPSA) is 307 Å². The Morgan fingerprint density at radius 2 is 0.598 bits per heavy atom. The van der Waals surface area contributed by atoms with Crippen molar-refractivity contribution in [3.63, 3.8) is 0 Å². The van der Waals surface area contributed by atoms with E-state index in [-0.39, 0.29) is 18.9 Å². The van der Waals surface area contributed by atoms with Crippen LogP contribution in [0.1, 0.15) is 335 Å². The van der Waals surface area contributed by atoms with Crippen molar-refractivity contribution in [3.8, 4) is 0 Å². The number of nitrogens with one attached hydrogen (secondary N) is 1. The molecule has 672 valence electrons. The minimum absolute atomic E-state index is 0.220. The van der Waals surface area contributed by atoms with Crippen molar-refractivity contribution in [1.82, 2.24) is 5.32 Å². The van der Waals surface area contributed by atoms with Crippen LogP contribution < -0.4 is 5.32 Å². The number of ether oxygens (including phenoxy) is 6. The number of carbonyl (C=O) groups excluding carboxylic acids is 1. The maximum atomic E-state index is 13.5. The Hall–Kier alpha value is -4.33. The van der Waals surface area contributed by atoms with E-state index >= 15 is 0 Å². The second kappa shape index (κ2) is 75.4. The average Bonchev–Trinajstić information content (AvgIpc) is 0.777. The van der Waals surface area contributed by atoms with Gasteiger partial charge in [0.1, 0.15) is 73.2 Å². The number of hydrogen-bond donors (Lipinski definition) is 12. The Morgan fingerprint density at radius 3 is 0.957 bits per heavy atom. The fourth-order valence-electron chi connectivity index (χ4n) is 14.7. The highest BCUT2D eigenvalue weighted by Gasteiger charge is 2.54. The van der Waals surface area contributed by atoms with Crippen LogP contribution in [0.25, 0.3) is 0 Å². The first-order valence-electron chi connectivity index (χ1n) is 46.6. The van der Waals surface area contributed by atoms with Crippen LogP contribution in [-0.4, -0.2) is 193 Å². The number of allylic oxidation sites excluding steroid dienone is 23. The van der Waals surface area contributed by atoms with Crippen LogP contribution in [0.15, 0.2) is 146 Å². The third-order valence-corrected chi connectivity index (χ3v) is 22.1. The zero-order valence-electron chi connectivity index (χ0n) is 72.6. The number of aliphatic hydroxyl groups excluding tert-OH is 11. The maximum absolute atomic E-state index is 13.5. The van der Waals surface area contributed by atoms with E-state index < -0.39 is 124 Å². The number of rotatable bonds is 74. The monoisotopic (exact) mass is 1650 g/mol. The summed E-state index contributed by atoms with van der Waals surface area (Å²) >= 11 is 0. The minimum atomic E-state index is -1.99. The molecule has 3 fully saturated rings. The predicted octanol–water partition coefficient (Wildman–Crippen LogP) is 18.5. The van der Waals surface area contributed by atoms with E-state index in [4.69, 9.17) is 28.4 Å². The third kappa shape index (κ3) is 53.3. The molecule has 19 nitrogen and oxygen atoms in total. The Balaban J connectivity index is 1.34. The van der Waals surface area contributed by atoms with Crippen molar-refractivity contribution in [2.75, 3.05) is 26.4 Å². The van der Waals surface area contributed by atoms with Gasteiger partial charge in [0, 0.05) is 6.42 Å². The summed E-state index contributed by atoms with van der Waals surface area (Å²) in [6.07, 6.45) is 84.3.